The topological polar surface area (TPSA) is 131 Å². The molecule has 158 valence electrons. The molecule has 2 N–H and O–H groups in total. The number of non-ortho nitro benzene ring substituents is 1. The van der Waals surface area contributed by atoms with Gasteiger partial charge >= 0.3 is 0 Å². The molecule has 0 radical (unpaired) electrons. The third-order valence-electron chi connectivity index (χ3n) is 4.96. The molecule has 1 amide bonds. The Bertz CT molecular complexity index is 943. The monoisotopic (exact) mass is 413 g/mol. The maximum atomic E-state index is 12.8. The summed E-state index contributed by atoms with van der Waals surface area (Å²) in [7, 11) is 0. The van der Waals surface area contributed by atoms with Crippen molar-refractivity contribution in [3.63, 3.8) is 0 Å². The molecule has 0 saturated carbocycles. The number of nitro benzene ring substituents is 2. The average Bonchev–Trinajstić information content (AvgIpc) is 2.76. The fraction of sp³-hybridized carbons (Fsp3) is 0.350. The van der Waals surface area contributed by atoms with Gasteiger partial charge in [0.25, 0.3) is 17.3 Å². The van der Waals surface area contributed by atoms with Gasteiger partial charge in [0, 0.05) is 44.4 Å². The van der Waals surface area contributed by atoms with Gasteiger partial charge in [0.05, 0.1) is 21.1 Å². The van der Waals surface area contributed by atoms with Crippen LogP contribution in [-0.2, 0) is 0 Å². The number of piperidine rings is 1. The van der Waals surface area contributed by atoms with E-state index in [0.717, 1.165) is 32.4 Å². The predicted molar refractivity (Wildman–Crippen MR) is 113 cm³/mol. The van der Waals surface area contributed by atoms with Gasteiger partial charge in [-0.1, -0.05) is 12.1 Å². The van der Waals surface area contributed by atoms with Gasteiger partial charge in [0.1, 0.15) is 5.69 Å². The number of nitrogens with one attached hydrogen (secondary N) is 2. The highest BCUT2D eigenvalue weighted by Crippen LogP contribution is 2.28. The molecule has 0 atom stereocenters. The number of hydrogen-bond donors (Lipinski definition) is 2. The van der Waals surface area contributed by atoms with Crippen molar-refractivity contribution in [1.82, 2.24) is 5.32 Å². The quantitative estimate of drug-likeness (QED) is 0.385. The lowest BCUT2D eigenvalue weighted by Crippen LogP contribution is -2.34. The standard InChI is InChI=1S/C20H23N5O5/c26-20(22-11-10-21-17-6-2-3-7-19(17)25(29)30)16-14-15(24(27)28)8-9-18(16)23-12-4-1-5-13-23/h2-3,6-9,14,21H,1,4-5,10-13H2,(H,22,26). The van der Waals surface area contributed by atoms with Crippen molar-refractivity contribution < 1.29 is 14.6 Å². The van der Waals surface area contributed by atoms with Crippen molar-refractivity contribution in [3.05, 3.63) is 68.3 Å². The number of nitro groups is 2. The van der Waals surface area contributed by atoms with Crippen LogP contribution < -0.4 is 15.5 Å². The van der Waals surface area contributed by atoms with Gasteiger partial charge in [-0.3, -0.25) is 25.0 Å². The summed E-state index contributed by atoms with van der Waals surface area (Å²) in [4.78, 5) is 36.1. The summed E-state index contributed by atoms with van der Waals surface area (Å²) in [6, 6.07) is 10.6. The van der Waals surface area contributed by atoms with E-state index < -0.39 is 15.8 Å². The number of para-hydroxylation sites is 2. The molecule has 10 nitrogen and oxygen atoms in total. The highest BCUT2D eigenvalue weighted by Gasteiger charge is 2.21. The largest absolute Gasteiger partial charge is 0.378 e. The summed E-state index contributed by atoms with van der Waals surface area (Å²) in [5.41, 5.74) is 1.12. The zero-order valence-electron chi connectivity index (χ0n) is 16.4. The molecule has 0 aliphatic carbocycles. The molecular weight excluding hydrogens is 390 g/mol. The Labute approximate surface area is 173 Å². The first kappa shape index (κ1) is 21.0. The average molecular weight is 413 g/mol. The highest BCUT2D eigenvalue weighted by atomic mass is 16.6. The molecule has 0 spiro atoms. The number of benzene rings is 2. The fourth-order valence-corrected chi connectivity index (χ4v) is 3.48. The molecule has 30 heavy (non-hydrogen) atoms. The normalized spacial score (nSPS) is 13.5. The summed E-state index contributed by atoms with van der Waals surface area (Å²) in [5.74, 6) is -0.413. The number of anilines is 2. The zero-order chi connectivity index (χ0) is 21.5. The van der Waals surface area contributed by atoms with Crippen molar-refractivity contribution in [2.24, 2.45) is 0 Å². The van der Waals surface area contributed by atoms with Gasteiger partial charge in [0.15, 0.2) is 0 Å². The van der Waals surface area contributed by atoms with Crippen LogP contribution in [0.2, 0.25) is 0 Å². The second-order valence-electron chi connectivity index (χ2n) is 6.96. The van der Waals surface area contributed by atoms with Gasteiger partial charge in [-0.25, -0.2) is 0 Å². The molecule has 2 aromatic rings. The molecule has 1 aliphatic rings. The first-order valence-electron chi connectivity index (χ1n) is 9.76. The highest BCUT2D eigenvalue weighted by molar-refractivity contribution is 6.00. The summed E-state index contributed by atoms with van der Waals surface area (Å²) in [5, 5.41) is 27.9. The number of hydrogen-bond acceptors (Lipinski definition) is 7. The maximum Gasteiger partial charge on any atom is 0.292 e. The van der Waals surface area contributed by atoms with Gasteiger partial charge in [-0.05, 0) is 31.4 Å². The van der Waals surface area contributed by atoms with Crippen molar-refractivity contribution in [2.75, 3.05) is 36.4 Å². The summed E-state index contributed by atoms with van der Waals surface area (Å²) in [6.07, 6.45) is 3.15. The van der Waals surface area contributed by atoms with Crippen LogP contribution in [0.4, 0.5) is 22.7 Å². The molecular formula is C20H23N5O5. The van der Waals surface area contributed by atoms with Gasteiger partial charge in [0.2, 0.25) is 0 Å². The first-order chi connectivity index (χ1) is 14.5. The van der Waals surface area contributed by atoms with Crippen LogP contribution in [-0.4, -0.2) is 41.9 Å². The minimum Gasteiger partial charge on any atom is -0.378 e. The third-order valence-corrected chi connectivity index (χ3v) is 4.96. The Balaban J connectivity index is 1.67. The number of carbonyl (C=O) groups is 1. The van der Waals surface area contributed by atoms with Crippen LogP contribution in [0.3, 0.4) is 0 Å². The van der Waals surface area contributed by atoms with Crippen LogP contribution in [0.25, 0.3) is 0 Å². The number of nitrogens with zero attached hydrogens (tertiary/aromatic N) is 3. The summed E-state index contributed by atoms with van der Waals surface area (Å²) < 4.78 is 0. The minimum atomic E-state index is -0.521. The van der Waals surface area contributed by atoms with Crippen LogP contribution in [0.15, 0.2) is 42.5 Å². The Morgan fingerprint density at radius 2 is 1.70 bits per heavy atom. The smallest absolute Gasteiger partial charge is 0.292 e. The number of carbonyl (C=O) groups excluding carboxylic acids is 1. The van der Waals surface area contributed by atoms with E-state index >= 15 is 0 Å². The van der Waals surface area contributed by atoms with E-state index in [0.29, 0.717) is 11.4 Å². The van der Waals surface area contributed by atoms with E-state index in [1.807, 2.05) is 0 Å². The Kier molecular flexibility index (Phi) is 6.79. The van der Waals surface area contributed by atoms with Crippen molar-refractivity contribution >= 4 is 28.7 Å². The fourth-order valence-electron chi connectivity index (χ4n) is 3.48. The van der Waals surface area contributed by atoms with E-state index in [4.69, 9.17) is 0 Å². The van der Waals surface area contributed by atoms with Crippen LogP contribution >= 0.6 is 0 Å². The minimum absolute atomic E-state index is 0.0464. The number of amides is 1. The van der Waals surface area contributed by atoms with Gasteiger partial charge in [-0.15, -0.1) is 0 Å². The van der Waals surface area contributed by atoms with Gasteiger partial charge in [-0.2, -0.15) is 0 Å². The van der Waals surface area contributed by atoms with Crippen molar-refractivity contribution in [2.45, 2.75) is 19.3 Å². The Morgan fingerprint density at radius 3 is 2.40 bits per heavy atom. The molecule has 0 bridgehead atoms. The SMILES string of the molecule is O=C(NCCNc1ccccc1[N+](=O)[O-])c1cc([N+](=O)[O-])ccc1N1CCCCC1. The molecule has 2 aromatic carbocycles. The van der Waals surface area contributed by atoms with Crippen LogP contribution in [0.5, 0.6) is 0 Å². The maximum absolute atomic E-state index is 12.8. The van der Waals surface area contributed by atoms with E-state index in [1.54, 1.807) is 24.3 Å². The molecule has 1 heterocycles. The lowest BCUT2D eigenvalue weighted by atomic mass is 10.1. The number of rotatable bonds is 8. The van der Waals surface area contributed by atoms with Crippen molar-refractivity contribution in [3.8, 4) is 0 Å². The third kappa shape index (κ3) is 5.02. The van der Waals surface area contributed by atoms with Crippen LogP contribution in [0.1, 0.15) is 29.6 Å². The lowest BCUT2D eigenvalue weighted by molar-refractivity contribution is -0.384. The second kappa shape index (κ2) is 9.68. The van der Waals surface area contributed by atoms with Gasteiger partial charge < -0.3 is 15.5 Å². The first-order valence-corrected chi connectivity index (χ1v) is 9.76. The molecule has 1 aliphatic heterocycles. The predicted octanol–water partition coefficient (Wildman–Crippen LogP) is 3.34. The summed E-state index contributed by atoms with van der Waals surface area (Å²) in [6.45, 7) is 2.08. The second-order valence-corrected chi connectivity index (χ2v) is 6.96. The van der Waals surface area contributed by atoms with E-state index in [1.165, 1.54) is 18.2 Å². The van der Waals surface area contributed by atoms with E-state index in [-0.39, 0.29) is 30.0 Å². The zero-order valence-corrected chi connectivity index (χ0v) is 16.4. The molecule has 0 unspecified atom stereocenters. The summed E-state index contributed by atoms with van der Waals surface area (Å²) >= 11 is 0. The molecule has 3 rings (SSSR count). The van der Waals surface area contributed by atoms with E-state index in [9.17, 15) is 25.0 Å². The van der Waals surface area contributed by atoms with E-state index in [2.05, 4.69) is 15.5 Å². The molecule has 1 fully saturated rings. The molecule has 0 aromatic heterocycles. The lowest BCUT2D eigenvalue weighted by Gasteiger charge is -2.30. The van der Waals surface area contributed by atoms with Crippen molar-refractivity contribution in [1.29, 1.82) is 0 Å². The molecule has 10 heteroatoms. The Morgan fingerprint density at radius 1 is 0.967 bits per heavy atom. The van der Waals surface area contributed by atoms with Crippen LogP contribution in [0, 0.1) is 20.2 Å². The molecule has 1 saturated heterocycles. The Hall–Kier alpha value is -3.69.